The molecule has 2 aliphatic heterocycles. The van der Waals surface area contributed by atoms with Gasteiger partial charge in [0.15, 0.2) is 0 Å². The predicted octanol–water partition coefficient (Wildman–Crippen LogP) is -0.865. The van der Waals surface area contributed by atoms with E-state index in [0.29, 0.717) is 12.1 Å². The van der Waals surface area contributed by atoms with Crippen LogP contribution in [0.5, 0.6) is 0 Å². The van der Waals surface area contributed by atoms with E-state index in [1.807, 2.05) is 0 Å². The third-order valence-corrected chi connectivity index (χ3v) is 3.65. The fraction of sp³-hybridized carbons (Fsp3) is 1.00. The number of hydrogen-bond donors (Lipinski definition) is 4. The van der Waals surface area contributed by atoms with Gasteiger partial charge in [0.05, 0.1) is 0 Å². The fourth-order valence-electron chi connectivity index (χ4n) is 2.81. The maximum atomic E-state index is 3.64. The molecule has 0 amide bonds. The Balaban J connectivity index is 1.88. The molecule has 2 saturated heterocycles. The first kappa shape index (κ1) is 11.3. The maximum absolute atomic E-state index is 3.64. The van der Waals surface area contributed by atoms with Gasteiger partial charge >= 0.3 is 0 Å². The normalized spacial score (nSPS) is 35.0. The number of piperazine rings is 2. The van der Waals surface area contributed by atoms with Crippen LogP contribution < -0.4 is 21.3 Å². The molecular weight excluding hydrogens is 188 g/mol. The zero-order valence-corrected chi connectivity index (χ0v) is 9.68. The molecule has 4 heteroatoms. The van der Waals surface area contributed by atoms with Gasteiger partial charge in [-0.1, -0.05) is 13.3 Å². The first-order chi connectivity index (χ1) is 7.42. The van der Waals surface area contributed by atoms with Crippen LogP contribution in [0.2, 0.25) is 0 Å². The summed E-state index contributed by atoms with van der Waals surface area (Å²) < 4.78 is 0. The Morgan fingerprint density at radius 3 is 1.80 bits per heavy atom. The Labute approximate surface area is 92.6 Å². The zero-order valence-electron chi connectivity index (χ0n) is 9.68. The monoisotopic (exact) mass is 212 g/mol. The van der Waals surface area contributed by atoms with Crippen molar-refractivity contribution in [2.24, 2.45) is 5.92 Å². The molecule has 0 radical (unpaired) electrons. The predicted molar refractivity (Wildman–Crippen MR) is 63.1 cm³/mol. The van der Waals surface area contributed by atoms with Crippen LogP contribution in [0.15, 0.2) is 0 Å². The molecule has 2 fully saturated rings. The van der Waals surface area contributed by atoms with Gasteiger partial charge in [0.1, 0.15) is 0 Å². The summed E-state index contributed by atoms with van der Waals surface area (Å²) in [5.41, 5.74) is 0. The highest BCUT2D eigenvalue weighted by Gasteiger charge is 2.29. The lowest BCUT2D eigenvalue weighted by molar-refractivity contribution is 0.219. The third kappa shape index (κ3) is 2.91. The molecular formula is C11H24N4. The molecule has 0 aromatic rings. The SMILES string of the molecule is CCC(C1CNCCN1)C1CNCCN1. The molecule has 4 nitrogen and oxygen atoms in total. The third-order valence-electron chi connectivity index (χ3n) is 3.65. The summed E-state index contributed by atoms with van der Waals surface area (Å²) in [5.74, 6) is 0.741. The van der Waals surface area contributed by atoms with Crippen LogP contribution in [-0.2, 0) is 0 Å². The second-order valence-corrected chi connectivity index (χ2v) is 4.60. The first-order valence-corrected chi connectivity index (χ1v) is 6.30. The average Bonchev–Trinajstić information content (AvgIpc) is 2.33. The van der Waals surface area contributed by atoms with Crippen molar-refractivity contribution in [2.45, 2.75) is 25.4 Å². The van der Waals surface area contributed by atoms with Crippen molar-refractivity contribution >= 4 is 0 Å². The number of hydrogen-bond acceptors (Lipinski definition) is 4. The Morgan fingerprint density at radius 1 is 0.933 bits per heavy atom. The van der Waals surface area contributed by atoms with E-state index in [9.17, 15) is 0 Å². The topological polar surface area (TPSA) is 48.1 Å². The van der Waals surface area contributed by atoms with Gasteiger partial charge in [-0.2, -0.15) is 0 Å². The van der Waals surface area contributed by atoms with Crippen molar-refractivity contribution in [3.63, 3.8) is 0 Å². The number of nitrogens with one attached hydrogen (secondary N) is 4. The average molecular weight is 212 g/mol. The molecule has 2 unspecified atom stereocenters. The molecule has 2 atom stereocenters. The van der Waals surface area contributed by atoms with Crippen LogP contribution in [0.1, 0.15) is 13.3 Å². The second kappa shape index (κ2) is 5.80. The number of rotatable bonds is 3. The summed E-state index contributed by atoms with van der Waals surface area (Å²) in [6.07, 6.45) is 1.25. The summed E-state index contributed by atoms with van der Waals surface area (Å²) in [6.45, 7) is 9.00. The first-order valence-electron chi connectivity index (χ1n) is 6.30. The van der Waals surface area contributed by atoms with E-state index in [-0.39, 0.29) is 0 Å². The molecule has 2 aliphatic rings. The molecule has 15 heavy (non-hydrogen) atoms. The summed E-state index contributed by atoms with van der Waals surface area (Å²) in [6, 6.07) is 1.28. The lowest BCUT2D eigenvalue weighted by atomic mass is 9.87. The molecule has 2 heterocycles. The van der Waals surface area contributed by atoms with Crippen molar-refractivity contribution in [3.8, 4) is 0 Å². The molecule has 0 aromatic heterocycles. The quantitative estimate of drug-likeness (QED) is 0.491. The highest BCUT2D eigenvalue weighted by molar-refractivity contribution is 4.91. The van der Waals surface area contributed by atoms with Crippen LogP contribution in [0.25, 0.3) is 0 Å². The van der Waals surface area contributed by atoms with Crippen LogP contribution in [0, 0.1) is 5.92 Å². The van der Waals surface area contributed by atoms with Crippen LogP contribution >= 0.6 is 0 Å². The van der Waals surface area contributed by atoms with Crippen LogP contribution in [0.3, 0.4) is 0 Å². The zero-order chi connectivity index (χ0) is 10.5. The molecule has 2 rings (SSSR count). The van der Waals surface area contributed by atoms with Gasteiger partial charge in [-0.05, 0) is 5.92 Å². The minimum absolute atomic E-state index is 0.640. The van der Waals surface area contributed by atoms with Crippen molar-refractivity contribution in [3.05, 3.63) is 0 Å². The van der Waals surface area contributed by atoms with Gasteiger partial charge in [-0.25, -0.2) is 0 Å². The van der Waals surface area contributed by atoms with Gasteiger partial charge in [0, 0.05) is 51.4 Å². The fourth-order valence-corrected chi connectivity index (χ4v) is 2.81. The molecule has 0 bridgehead atoms. The summed E-state index contributed by atoms with van der Waals surface area (Å²) in [5, 5.41) is 14.2. The molecule has 4 N–H and O–H groups in total. The molecule has 88 valence electrons. The Kier molecular flexibility index (Phi) is 4.38. The Bertz CT molecular complexity index is 155. The Morgan fingerprint density at radius 2 is 1.47 bits per heavy atom. The largest absolute Gasteiger partial charge is 0.314 e. The van der Waals surface area contributed by atoms with E-state index in [1.54, 1.807) is 0 Å². The van der Waals surface area contributed by atoms with Crippen molar-refractivity contribution < 1.29 is 0 Å². The van der Waals surface area contributed by atoms with Gasteiger partial charge in [-0.3, -0.25) is 0 Å². The minimum Gasteiger partial charge on any atom is -0.314 e. The standard InChI is InChI=1S/C11H24N4/c1-2-9(10-7-12-3-5-14-10)11-8-13-4-6-15-11/h9-15H,2-8H2,1H3. The molecule has 0 saturated carbocycles. The lowest BCUT2D eigenvalue weighted by Crippen LogP contribution is -2.60. The summed E-state index contributed by atoms with van der Waals surface area (Å²) in [4.78, 5) is 0. The maximum Gasteiger partial charge on any atom is 0.0236 e. The van der Waals surface area contributed by atoms with Crippen LogP contribution in [0.4, 0.5) is 0 Å². The van der Waals surface area contributed by atoms with E-state index in [0.717, 1.165) is 45.2 Å². The summed E-state index contributed by atoms with van der Waals surface area (Å²) >= 11 is 0. The van der Waals surface area contributed by atoms with Crippen LogP contribution in [-0.4, -0.2) is 51.4 Å². The van der Waals surface area contributed by atoms with E-state index >= 15 is 0 Å². The second-order valence-electron chi connectivity index (χ2n) is 4.60. The lowest BCUT2D eigenvalue weighted by Gasteiger charge is -2.38. The van der Waals surface area contributed by atoms with E-state index < -0.39 is 0 Å². The highest BCUT2D eigenvalue weighted by Crippen LogP contribution is 2.15. The van der Waals surface area contributed by atoms with Gasteiger partial charge in [-0.15, -0.1) is 0 Å². The van der Waals surface area contributed by atoms with Gasteiger partial charge in [0.2, 0.25) is 0 Å². The van der Waals surface area contributed by atoms with Gasteiger partial charge < -0.3 is 21.3 Å². The molecule has 0 aliphatic carbocycles. The van der Waals surface area contributed by atoms with Gasteiger partial charge in [0.25, 0.3) is 0 Å². The van der Waals surface area contributed by atoms with Crippen molar-refractivity contribution in [1.82, 2.24) is 21.3 Å². The molecule has 0 aromatic carbocycles. The van der Waals surface area contributed by atoms with E-state index in [1.165, 1.54) is 6.42 Å². The van der Waals surface area contributed by atoms with E-state index in [2.05, 4.69) is 28.2 Å². The highest BCUT2D eigenvalue weighted by atomic mass is 15.1. The smallest absolute Gasteiger partial charge is 0.0236 e. The summed E-state index contributed by atoms with van der Waals surface area (Å²) in [7, 11) is 0. The molecule has 0 spiro atoms. The van der Waals surface area contributed by atoms with E-state index in [4.69, 9.17) is 0 Å². The van der Waals surface area contributed by atoms with Crippen molar-refractivity contribution in [2.75, 3.05) is 39.3 Å². The Hall–Kier alpha value is -0.160. The minimum atomic E-state index is 0.640. The van der Waals surface area contributed by atoms with Crippen molar-refractivity contribution in [1.29, 1.82) is 0 Å².